The fourth-order valence-corrected chi connectivity index (χ4v) is 1.98. The van der Waals surface area contributed by atoms with E-state index in [2.05, 4.69) is 15.3 Å². The van der Waals surface area contributed by atoms with Crippen LogP contribution in [0.15, 0.2) is 11.1 Å². The lowest BCUT2D eigenvalue weighted by Gasteiger charge is -2.21. The Morgan fingerprint density at radius 2 is 2.53 bits per heavy atom. The predicted octanol–water partition coefficient (Wildman–Crippen LogP) is 0.758. The molecule has 17 heavy (non-hydrogen) atoms. The number of rotatable bonds is 4. The highest BCUT2D eigenvalue weighted by atomic mass is 16.5. The van der Waals surface area contributed by atoms with E-state index >= 15 is 0 Å². The zero-order chi connectivity index (χ0) is 12.3. The Morgan fingerprint density at radius 3 is 3.18 bits per heavy atom. The van der Waals surface area contributed by atoms with E-state index in [1.165, 1.54) is 13.4 Å². The topological polar surface area (TPSA) is 76.2 Å². The number of nitrogens with zero attached hydrogens (tertiary/aromatic N) is 1. The third-order valence-electron chi connectivity index (χ3n) is 2.90. The van der Waals surface area contributed by atoms with E-state index in [1.54, 1.807) is 0 Å². The third-order valence-corrected chi connectivity index (χ3v) is 2.90. The number of ether oxygens (including phenoxy) is 2. The molecule has 0 aliphatic carbocycles. The smallest absolute Gasteiger partial charge is 0.295 e. The van der Waals surface area contributed by atoms with Gasteiger partial charge in [0.15, 0.2) is 5.82 Å². The highest BCUT2D eigenvalue weighted by Gasteiger charge is 2.23. The van der Waals surface area contributed by atoms with Gasteiger partial charge in [-0.1, -0.05) is 0 Å². The van der Waals surface area contributed by atoms with E-state index < -0.39 is 0 Å². The van der Waals surface area contributed by atoms with Crippen molar-refractivity contribution >= 4 is 5.82 Å². The summed E-state index contributed by atoms with van der Waals surface area (Å²) in [5, 5.41) is 3.16. The zero-order valence-electron chi connectivity index (χ0n) is 10.0. The summed E-state index contributed by atoms with van der Waals surface area (Å²) in [6, 6.07) is 0.0979. The lowest BCUT2D eigenvalue weighted by atomic mass is 10.1. The molecule has 6 heteroatoms. The van der Waals surface area contributed by atoms with Crippen LogP contribution in [0.25, 0.3) is 0 Å². The molecule has 0 spiro atoms. The van der Waals surface area contributed by atoms with Crippen LogP contribution < -0.4 is 15.6 Å². The van der Waals surface area contributed by atoms with Crippen molar-refractivity contribution in [1.29, 1.82) is 0 Å². The molecule has 6 nitrogen and oxygen atoms in total. The normalized spacial score (nSPS) is 21.2. The lowest BCUT2D eigenvalue weighted by molar-refractivity contribution is 0.0995. The lowest BCUT2D eigenvalue weighted by Crippen LogP contribution is -2.31. The molecule has 1 aliphatic rings. The van der Waals surface area contributed by atoms with Crippen LogP contribution in [0.5, 0.6) is 5.75 Å². The van der Waals surface area contributed by atoms with Gasteiger partial charge in [-0.3, -0.25) is 4.79 Å². The minimum Gasteiger partial charge on any atom is -0.489 e. The van der Waals surface area contributed by atoms with Gasteiger partial charge < -0.3 is 19.8 Å². The Kier molecular flexibility index (Phi) is 3.63. The third kappa shape index (κ3) is 2.58. The second-order valence-corrected chi connectivity index (χ2v) is 4.10. The summed E-state index contributed by atoms with van der Waals surface area (Å²) < 4.78 is 10.6. The monoisotopic (exact) mass is 239 g/mol. The van der Waals surface area contributed by atoms with Gasteiger partial charge in [0, 0.05) is 6.61 Å². The van der Waals surface area contributed by atoms with Crippen molar-refractivity contribution in [2.24, 2.45) is 0 Å². The van der Waals surface area contributed by atoms with Crippen molar-refractivity contribution < 1.29 is 9.47 Å². The number of hydrogen-bond donors (Lipinski definition) is 2. The predicted molar refractivity (Wildman–Crippen MR) is 63.5 cm³/mol. The van der Waals surface area contributed by atoms with Crippen molar-refractivity contribution in [3.05, 3.63) is 16.7 Å². The van der Waals surface area contributed by atoms with Crippen LogP contribution in [0, 0.1) is 0 Å². The first kappa shape index (κ1) is 11.9. The second kappa shape index (κ2) is 5.18. The maximum Gasteiger partial charge on any atom is 0.295 e. The second-order valence-electron chi connectivity index (χ2n) is 4.10. The molecule has 2 atom stereocenters. The van der Waals surface area contributed by atoms with Gasteiger partial charge in [-0.15, -0.1) is 0 Å². The Bertz CT molecular complexity index is 426. The van der Waals surface area contributed by atoms with Crippen molar-refractivity contribution in [2.75, 3.05) is 19.0 Å². The molecule has 94 valence electrons. The summed E-state index contributed by atoms with van der Waals surface area (Å²) in [6.45, 7) is 2.81. The molecule has 1 aromatic rings. The van der Waals surface area contributed by atoms with Gasteiger partial charge in [-0.25, -0.2) is 4.98 Å². The van der Waals surface area contributed by atoms with E-state index in [-0.39, 0.29) is 23.5 Å². The number of aromatic nitrogens is 2. The number of hydrogen-bond acceptors (Lipinski definition) is 5. The standard InChI is InChI=1S/C11H17N3O3/c1-7(8-4-3-5-17-8)14-10-9(16-2)11(15)13-6-12-10/h6-8H,3-5H2,1-2H3,(H2,12,13,14,15). The Morgan fingerprint density at radius 1 is 1.71 bits per heavy atom. The van der Waals surface area contributed by atoms with Crippen LogP contribution in [-0.4, -0.2) is 35.8 Å². The quantitative estimate of drug-likeness (QED) is 0.811. The number of H-pyrrole nitrogens is 1. The van der Waals surface area contributed by atoms with Gasteiger partial charge in [-0.05, 0) is 19.8 Å². The Hall–Kier alpha value is -1.56. The molecule has 1 fully saturated rings. The highest BCUT2D eigenvalue weighted by molar-refractivity contribution is 5.48. The molecule has 0 aromatic carbocycles. The molecule has 1 saturated heterocycles. The zero-order valence-corrected chi connectivity index (χ0v) is 10.0. The van der Waals surface area contributed by atoms with Gasteiger partial charge in [0.25, 0.3) is 5.56 Å². The fourth-order valence-electron chi connectivity index (χ4n) is 1.98. The molecule has 2 heterocycles. The summed E-state index contributed by atoms with van der Waals surface area (Å²) >= 11 is 0. The SMILES string of the molecule is COc1c(NC(C)C2CCCO2)nc[nH]c1=O. The Labute approximate surface area is 99.4 Å². The molecule has 0 amide bonds. The van der Waals surface area contributed by atoms with Crippen LogP contribution in [0.4, 0.5) is 5.82 Å². The van der Waals surface area contributed by atoms with Crippen molar-refractivity contribution in [2.45, 2.75) is 31.9 Å². The molecule has 2 N–H and O–H groups in total. The molecular formula is C11H17N3O3. The minimum atomic E-state index is -0.287. The van der Waals surface area contributed by atoms with Gasteiger partial charge in [0.05, 0.1) is 25.6 Å². The number of methoxy groups -OCH3 is 1. The number of nitrogens with one attached hydrogen (secondary N) is 2. The average molecular weight is 239 g/mol. The van der Waals surface area contributed by atoms with E-state index in [1.807, 2.05) is 6.92 Å². The molecule has 0 radical (unpaired) electrons. The fraction of sp³-hybridized carbons (Fsp3) is 0.636. The highest BCUT2D eigenvalue weighted by Crippen LogP contribution is 2.21. The van der Waals surface area contributed by atoms with Gasteiger partial charge in [0.1, 0.15) is 0 Å². The van der Waals surface area contributed by atoms with Gasteiger partial charge >= 0.3 is 0 Å². The summed E-state index contributed by atoms with van der Waals surface area (Å²) in [5.74, 6) is 0.664. The summed E-state index contributed by atoms with van der Waals surface area (Å²) in [6.07, 6.45) is 3.63. The van der Waals surface area contributed by atoms with Gasteiger partial charge in [-0.2, -0.15) is 0 Å². The number of anilines is 1. The van der Waals surface area contributed by atoms with Crippen molar-refractivity contribution in [3.63, 3.8) is 0 Å². The molecule has 0 bridgehead atoms. The van der Waals surface area contributed by atoms with Crippen molar-refractivity contribution in [1.82, 2.24) is 9.97 Å². The summed E-state index contributed by atoms with van der Waals surface area (Å²) in [4.78, 5) is 18.0. The van der Waals surface area contributed by atoms with E-state index in [9.17, 15) is 4.79 Å². The molecule has 2 unspecified atom stereocenters. The first-order valence-corrected chi connectivity index (χ1v) is 5.72. The summed E-state index contributed by atoms with van der Waals surface area (Å²) in [5.41, 5.74) is -0.287. The molecule has 2 rings (SSSR count). The minimum absolute atomic E-state index is 0.0979. The van der Waals surface area contributed by atoms with Gasteiger partial charge in [0.2, 0.25) is 5.75 Å². The van der Waals surface area contributed by atoms with E-state index in [4.69, 9.17) is 9.47 Å². The van der Waals surface area contributed by atoms with E-state index in [0.717, 1.165) is 19.4 Å². The van der Waals surface area contributed by atoms with Crippen LogP contribution in [0.2, 0.25) is 0 Å². The molecule has 0 saturated carbocycles. The van der Waals surface area contributed by atoms with Crippen LogP contribution >= 0.6 is 0 Å². The molecular weight excluding hydrogens is 222 g/mol. The van der Waals surface area contributed by atoms with E-state index in [0.29, 0.717) is 5.82 Å². The Balaban J connectivity index is 2.12. The first-order valence-electron chi connectivity index (χ1n) is 5.72. The van der Waals surface area contributed by atoms with Crippen LogP contribution in [0.3, 0.4) is 0 Å². The maximum absolute atomic E-state index is 11.5. The van der Waals surface area contributed by atoms with Crippen LogP contribution in [-0.2, 0) is 4.74 Å². The van der Waals surface area contributed by atoms with Crippen LogP contribution in [0.1, 0.15) is 19.8 Å². The molecule has 1 aromatic heterocycles. The summed E-state index contributed by atoms with van der Waals surface area (Å²) in [7, 11) is 1.45. The number of aromatic amines is 1. The maximum atomic E-state index is 11.5. The molecule has 1 aliphatic heterocycles. The first-order chi connectivity index (χ1) is 8.22. The average Bonchev–Trinajstić information content (AvgIpc) is 2.82. The largest absolute Gasteiger partial charge is 0.489 e. The van der Waals surface area contributed by atoms with Crippen molar-refractivity contribution in [3.8, 4) is 5.75 Å².